The van der Waals surface area contributed by atoms with E-state index in [1.54, 1.807) is 0 Å². The molecule has 51 heavy (non-hydrogen) atoms. The summed E-state index contributed by atoms with van der Waals surface area (Å²) in [6.07, 6.45) is 18.1. The minimum Gasteiger partial charge on any atom is -0.354 e. The predicted molar refractivity (Wildman–Crippen MR) is 217 cm³/mol. The van der Waals surface area contributed by atoms with E-state index in [4.69, 9.17) is 0 Å². The summed E-state index contributed by atoms with van der Waals surface area (Å²) in [7, 11) is 0. The number of benzene rings is 3. The maximum atomic E-state index is 4.32. The van der Waals surface area contributed by atoms with E-state index in [0.717, 1.165) is 57.7 Å². The fourth-order valence-corrected chi connectivity index (χ4v) is 7.98. The van der Waals surface area contributed by atoms with Crippen molar-refractivity contribution in [3.05, 3.63) is 143 Å². The second-order valence-corrected chi connectivity index (χ2v) is 14.8. The van der Waals surface area contributed by atoms with Gasteiger partial charge in [-0.1, -0.05) is 99.5 Å². The first-order chi connectivity index (χ1) is 25.0. The summed E-state index contributed by atoms with van der Waals surface area (Å²) in [4.78, 5) is 10.9. The molecule has 3 heterocycles. The van der Waals surface area contributed by atoms with Crippen molar-refractivity contribution < 1.29 is 0 Å². The van der Waals surface area contributed by atoms with Gasteiger partial charge in [0.1, 0.15) is 0 Å². The lowest BCUT2D eigenvalue weighted by Gasteiger charge is -2.23. The van der Waals surface area contributed by atoms with Crippen LogP contribution in [0.1, 0.15) is 92.3 Å². The Morgan fingerprint density at radius 2 is 1.57 bits per heavy atom. The molecule has 0 amide bonds. The zero-order valence-electron chi connectivity index (χ0n) is 31.5. The van der Waals surface area contributed by atoms with Crippen molar-refractivity contribution in [2.24, 2.45) is 5.92 Å². The van der Waals surface area contributed by atoms with Gasteiger partial charge in [0.2, 0.25) is 0 Å². The summed E-state index contributed by atoms with van der Waals surface area (Å²) in [6, 6.07) is 33.8. The molecule has 0 aliphatic carbocycles. The van der Waals surface area contributed by atoms with Crippen molar-refractivity contribution in [2.45, 2.75) is 98.4 Å². The second kappa shape index (κ2) is 18.2. The van der Waals surface area contributed by atoms with E-state index >= 15 is 0 Å². The third kappa shape index (κ3) is 9.89. The van der Waals surface area contributed by atoms with Gasteiger partial charge < -0.3 is 9.55 Å². The SMILES string of the molecule is CCCCC(CCC)Cc1cccn1-c1ccc2[nH]c(-c3cc(C)cc(C)c3)c(CCN(CCCCc3cccnc3)Cc3ccccc3)c2c1. The summed E-state index contributed by atoms with van der Waals surface area (Å²) in [5, 5.41) is 1.34. The van der Waals surface area contributed by atoms with Gasteiger partial charge >= 0.3 is 0 Å². The summed E-state index contributed by atoms with van der Waals surface area (Å²) in [5.74, 6) is 0.742. The summed E-state index contributed by atoms with van der Waals surface area (Å²) < 4.78 is 2.45. The monoisotopic (exact) mass is 678 g/mol. The summed E-state index contributed by atoms with van der Waals surface area (Å²) in [6.45, 7) is 12.1. The van der Waals surface area contributed by atoms with E-state index in [0.29, 0.717) is 0 Å². The number of rotatable bonds is 19. The molecule has 4 heteroatoms. The van der Waals surface area contributed by atoms with Crippen LogP contribution >= 0.6 is 0 Å². The van der Waals surface area contributed by atoms with Crippen molar-refractivity contribution >= 4 is 10.9 Å². The molecule has 6 rings (SSSR count). The molecule has 0 aliphatic rings. The first kappa shape index (κ1) is 36.4. The third-order valence-electron chi connectivity index (χ3n) is 10.5. The number of hydrogen-bond donors (Lipinski definition) is 1. The fourth-order valence-electron chi connectivity index (χ4n) is 7.98. The molecule has 0 spiro atoms. The normalized spacial score (nSPS) is 12.3. The van der Waals surface area contributed by atoms with Gasteiger partial charge in [0, 0.05) is 59.7 Å². The number of nitrogens with zero attached hydrogens (tertiary/aromatic N) is 3. The van der Waals surface area contributed by atoms with Crippen LogP contribution in [-0.2, 0) is 25.8 Å². The molecule has 0 saturated carbocycles. The van der Waals surface area contributed by atoms with Gasteiger partial charge in [0.15, 0.2) is 0 Å². The first-order valence-corrected chi connectivity index (χ1v) is 19.6. The number of aromatic nitrogens is 3. The Morgan fingerprint density at radius 3 is 2.33 bits per heavy atom. The molecule has 1 N–H and O–H groups in total. The van der Waals surface area contributed by atoms with E-state index in [9.17, 15) is 0 Å². The average molecular weight is 679 g/mol. The van der Waals surface area contributed by atoms with Crippen LogP contribution in [0.15, 0.2) is 110 Å². The van der Waals surface area contributed by atoms with Gasteiger partial charge in [0.05, 0.1) is 0 Å². The highest BCUT2D eigenvalue weighted by Gasteiger charge is 2.18. The maximum Gasteiger partial charge on any atom is 0.0498 e. The van der Waals surface area contributed by atoms with Gasteiger partial charge in [-0.3, -0.25) is 9.88 Å². The average Bonchev–Trinajstić information content (AvgIpc) is 3.76. The minimum absolute atomic E-state index is 0.742. The number of pyridine rings is 1. The Bertz CT molecular complexity index is 1910. The number of aromatic amines is 1. The highest BCUT2D eigenvalue weighted by Crippen LogP contribution is 2.34. The molecule has 4 nitrogen and oxygen atoms in total. The predicted octanol–water partition coefficient (Wildman–Crippen LogP) is 11.9. The van der Waals surface area contributed by atoms with Gasteiger partial charge in [-0.05, 0) is 129 Å². The molecule has 1 atom stereocenters. The third-order valence-corrected chi connectivity index (χ3v) is 10.5. The van der Waals surface area contributed by atoms with Crippen LogP contribution in [0.2, 0.25) is 0 Å². The number of fused-ring (bicyclic) bond motifs is 1. The number of nitrogens with one attached hydrogen (secondary N) is 1. The molecular formula is C47H58N4. The zero-order valence-corrected chi connectivity index (χ0v) is 31.5. The largest absolute Gasteiger partial charge is 0.354 e. The molecule has 3 aromatic heterocycles. The first-order valence-electron chi connectivity index (χ1n) is 19.6. The van der Waals surface area contributed by atoms with Crippen LogP contribution < -0.4 is 0 Å². The quantitative estimate of drug-likeness (QED) is 0.0866. The molecule has 0 radical (unpaired) electrons. The summed E-state index contributed by atoms with van der Waals surface area (Å²) in [5.41, 5.74) is 13.2. The van der Waals surface area contributed by atoms with Gasteiger partial charge in [-0.2, -0.15) is 0 Å². The Hall–Kier alpha value is -4.41. The Morgan fingerprint density at radius 1 is 0.745 bits per heavy atom. The lowest BCUT2D eigenvalue weighted by atomic mass is 9.92. The fraction of sp³-hybridized carbons (Fsp3) is 0.383. The molecule has 3 aromatic carbocycles. The van der Waals surface area contributed by atoms with E-state index in [-0.39, 0.29) is 0 Å². The van der Waals surface area contributed by atoms with E-state index < -0.39 is 0 Å². The van der Waals surface area contributed by atoms with Crippen LogP contribution in [0.4, 0.5) is 0 Å². The number of H-pyrrole nitrogens is 1. The van der Waals surface area contributed by atoms with Crippen molar-refractivity contribution in [1.82, 2.24) is 19.4 Å². The number of aryl methyl sites for hydroxylation is 3. The molecule has 0 aliphatic heterocycles. The standard InChI is InChI=1S/C47H58N4/c1-5-7-16-38(15-6-2)32-42-21-14-27-51(42)43-22-23-46-45(33-43)44(47(49-46)41-30-36(3)29-37(4)31-41)24-28-50(35-40-18-9-8-10-19-40)26-12-11-17-39-20-13-25-48-34-39/h8-10,13-14,18-23,25,27,29-31,33-34,38,49H,5-7,11-12,15-17,24,26,28,32,35H2,1-4H3. The lowest BCUT2D eigenvalue weighted by Crippen LogP contribution is -2.27. The Balaban J connectivity index is 1.30. The number of hydrogen-bond acceptors (Lipinski definition) is 2. The Kier molecular flexibility index (Phi) is 13.0. The van der Waals surface area contributed by atoms with Crippen molar-refractivity contribution in [2.75, 3.05) is 13.1 Å². The maximum absolute atomic E-state index is 4.32. The van der Waals surface area contributed by atoms with E-state index in [1.165, 1.54) is 93.5 Å². The van der Waals surface area contributed by atoms with Crippen LogP contribution in [-0.4, -0.2) is 32.5 Å². The molecule has 6 aromatic rings. The van der Waals surface area contributed by atoms with Crippen molar-refractivity contribution in [3.63, 3.8) is 0 Å². The minimum atomic E-state index is 0.742. The van der Waals surface area contributed by atoms with Gasteiger partial charge in [0.25, 0.3) is 0 Å². The molecule has 0 saturated heterocycles. The van der Waals surface area contributed by atoms with E-state index in [2.05, 4.69) is 138 Å². The molecule has 266 valence electrons. The van der Waals surface area contributed by atoms with Crippen LogP contribution in [0, 0.1) is 19.8 Å². The molecule has 0 fully saturated rings. The summed E-state index contributed by atoms with van der Waals surface area (Å²) >= 11 is 0. The van der Waals surface area contributed by atoms with Crippen LogP contribution in [0.3, 0.4) is 0 Å². The van der Waals surface area contributed by atoms with Crippen LogP contribution in [0.5, 0.6) is 0 Å². The van der Waals surface area contributed by atoms with Crippen LogP contribution in [0.25, 0.3) is 27.8 Å². The number of unbranched alkanes of at least 4 members (excludes halogenated alkanes) is 2. The molecule has 1 unspecified atom stereocenters. The Labute approximate surface area is 307 Å². The zero-order chi connectivity index (χ0) is 35.4. The topological polar surface area (TPSA) is 36.9 Å². The van der Waals surface area contributed by atoms with Gasteiger partial charge in [-0.25, -0.2) is 0 Å². The second-order valence-electron chi connectivity index (χ2n) is 14.8. The highest BCUT2D eigenvalue weighted by atomic mass is 15.1. The lowest BCUT2D eigenvalue weighted by molar-refractivity contribution is 0.263. The van der Waals surface area contributed by atoms with Gasteiger partial charge in [-0.15, -0.1) is 0 Å². The van der Waals surface area contributed by atoms with Crippen molar-refractivity contribution in [1.29, 1.82) is 0 Å². The smallest absolute Gasteiger partial charge is 0.0498 e. The molecular weight excluding hydrogens is 621 g/mol. The van der Waals surface area contributed by atoms with Crippen molar-refractivity contribution in [3.8, 4) is 16.9 Å². The molecule has 0 bridgehead atoms. The highest BCUT2D eigenvalue weighted by molar-refractivity contribution is 5.92. The van der Waals surface area contributed by atoms with E-state index in [1.807, 2.05) is 18.5 Å².